The van der Waals surface area contributed by atoms with Crippen molar-refractivity contribution in [2.45, 2.75) is 183 Å². The standard InChI is InChI=1S/C38H40F2N4O5.C28H33BF2N2O6.C16H19BrN2O/c1-22-26(10-7-12-28(22)35-41-24(3)34(48-35)21-43-15-5-6-16-43)27-11-8-13-29(23(27)2)36-42-30-18-25(32(49-38(39)40)19-33(30)47-36)20-44-17-9-14-31(44)37(45)46-4;1-16-18(9-7-10-19(16)29-38-27(2,3)28(4,5)39-29)24-32-20-13-17(22(37-26(30)31)14-23(20)36-24)15-33-12-8-11-21(33)25(34)35-6;1-11-13(6-5-7-14(11)17)16-18-12(2)15(20-16)10-19-8-3-4-9-19/h7-8,10-13,18-19,31,38H,5-6,9,14-17,20-21H2,1-4H3;7,9-10,13-14,21,26H,8,11-12,15H2,1-6H3;5-7H,3-4,8-10H2,1-2H3/t31-;21-;/m00./s1. The SMILES string of the molecule is COC(=O)[C@@H]1CCCN1Cc1cc2nc(-c3cccc(-c4cccc(-c5nc(C)c(CN6CCCC6)o5)c4C)c3C)oc2cc1OC(F)F.COC(=O)[C@@H]1CCCN1Cc1cc2nc(-c3cccc(B4OC(C)(C)C(C)(C)O4)c3C)oc2cc1OC(F)F.Cc1nc(-c2cccc(Br)c2C)oc1CN1CCCC1. The molecule has 0 N–H and O–H groups in total. The zero-order valence-electron chi connectivity index (χ0n) is 63.2. The first kappa shape index (κ1) is 77.4. The molecule has 0 amide bonds. The zero-order chi connectivity index (χ0) is 76.5. The number of carbonyl (C=O) groups is 2. The van der Waals surface area contributed by atoms with Crippen molar-refractivity contribution >= 4 is 62.6 Å². The second kappa shape index (κ2) is 32.8. The molecule has 570 valence electrons. The van der Waals surface area contributed by atoms with Crippen molar-refractivity contribution in [2.24, 2.45) is 0 Å². The van der Waals surface area contributed by atoms with E-state index in [0.29, 0.717) is 76.9 Å². The molecule has 5 aliphatic rings. The van der Waals surface area contributed by atoms with Gasteiger partial charge in [-0.1, -0.05) is 58.4 Å². The van der Waals surface area contributed by atoms with Crippen molar-refractivity contribution in [1.82, 2.24) is 39.5 Å². The van der Waals surface area contributed by atoms with Gasteiger partial charge in [-0.3, -0.25) is 29.2 Å². The summed E-state index contributed by atoms with van der Waals surface area (Å²) in [7, 11) is 2.14. The molecule has 2 atom stereocenters. The first-order valence-corrected chi connectivity index (χ1v) is 37.7. The minimum absolute atomic E-state index is 0.0102. The number of fused-ring (bicyclic) bond motifs is 2. The van der Waals surface area contributed by atoms with E-state index in [-0.39, 0.29) is 36.5 Å². The Kier molecular flexibility index (Phi) is 23.5. The molecule has 108 heavy (non-hydrogen) atoms. The highest BCUT2D eigenvalue weighted by atomic mass is 79.9. The lowest BCUT2D eigenvalue weighted by Crippen LogP contribution is -2.41. The Hall–Kier alpha value is -8.76. The number of aryl methyl sites for hydroxylation is 2. The maximum atomic E-state index is 13.5. The number of hydrogen-bond acceptors (Lipinski definition) is 20. The molecule has 9 heterocycles. The van der Waals surface area contributed by atoms with Crippen molar-refractivity contribution in [3.05, 3.63) is 158 Å². The number of benzene rings is 6. The topological polar surface area (TPSA) is 207 Å². The summed E-state index contributed by atoms with van der Waals surface area (Å²) in [6.45, 7) is 22.0. The van der Waals surface area contributed by atoms with Gasteiger partial charge in [0.2, 0.25) is 23.6 Å². The van der Waals surface area contributed by atoms with Crippen LogP contribution in [0, 0.1) is 41.5 Å². The number of alkyl halides is 4. The molecule has 10 aromatic rings. The van der Waals surface area contributed by atoms with Gasteiger partial charge in [-0.15, -0.1) is 0 Å². The molecule has 0 unspecified atom stereocenters. The molecule has 0 saturated carbocycles. The summed E-state index contributed by atoms with van der Waals surface area (Å²) in [6.07, 6.45) is 7.92. The third kappa shape index (κ3) is 16.7. The average Bonchev–Trinajstić information content (AvgIpc) is 1.62. The predicted molar refractivity (Wildman–Crippen MR) is 407 cm³/mol. The Bertz CT molecular complexity index is 4890. The Morgan fingerprint density at radius 1 is 0.491 bits per heavy atom. The molecule has 5 saturated heterocycles. The Morgan fingerprint density at radius 2 is 0.870 bits per heavy atom. The van der Waals surface area contributed by atoms with Gasteiger partial charge >= 0.3 is 32.3 Å². The van der Waals surface area contributed by atoms with E-state index >= 15 is 0 Å². The van der Waals surface area contributed by atoms with Crippen LogP contribution in [0.3, 0.4) is 0 Å². The minimum atomic E-state index is -3.02. The van der Waals surface area contributed by atoms with Crippen LogP contribution in [-0.4, -0.2) is 149 Å². The van der Waals surface area contributed by atoms with E-state index in [1.807, 2.05) is 120 Å². The largest absolute Gasteiger partial charge is 0.495 e. The number of nitrogens with zero attached hydrogens (tertiary/aromatic N) is 8. The number of aromatic nitrogens is 4. The van der Waals surface area contributed by atoms with Crippen molar-refractivity contribution in [1.29, 1.82) is 0 Å². The number of methoxy groups -OCH3 is 2. The summed E-state index contributed by atoms with van der Waals surface area (Å²) in [6, 6.07) is 29.3. The van der Waals surface area contributed by atoms with Gasteiger partial charge in [0.05, 0.1) is 49.9 Å². The number of rotatable bonds is 20. The van der Waals surface area contributed by atoms with Crippen molar-refractivity contribution in [2.75, 3.05) is 53.5 Å². The molecule has 0 bridgehead atoms. The lowest BCUT2D eigenvalue weighted by Gasteiger charge is -2.32. The average molecular weight is 1550 g/mol. The fraction of sp³-hybridized carbons (Fsp3) is 0.439. The predicted octanol–water partition coefficient (Wildman–Crippen LogP) is 17.2. The monoisotopic (exact) mass is 1550 g/mol. The Balaban J connectivity index is 0.000000155. The van der Waals surface area contributed by atoms with Gasteiger partial charge in [0.1, 0.15) is 46.1 Å². The van der Waals surface area contributed by atoms with Crippen LogP contribution in [0.25, 0.3) is 79.1 Å². The lowest BCUT2D eigenvalue weighted by atomic mass is 9.75. The third-order valence-electron chi connectivity index (χ3n) is 21.9. The summed E-state index contributed by atoms with van der Waals surface area (Å²) in [5.41, 5.74) is 14.0. The van der Waals surface area contributed by atoms with Crippen LogP contribution in [0.1, 0.15) is 135 Å². The molecular formula is C82H92BBrF4N8O12. The molecule has 15 rings (SSSR count). The number of halogens is 5. The molecule has 5 aliphatic heterocycles. The van der Waals surface area contributed by atoms with Crippen LogP contribution < -0.4 is 14.9 Å². The van der Waals surface area contributed by atoms with Crippen LogP contribution in [-0.2, 0) is 54.6 Å². The van der Waals surface area contributed by atoms with Crippen molar-refractivity contribution in [3.63, 3.8) is 0 Å². The number of likely N-dealkylation sites (tertiary alicyclic amines) is 4. The molecule has 0 aliphatic carbocycles. The van der Waals surface area contributed by atoms with Gasteiger partial charge in [0, 0.05) is 63.1 Å². The third-order valence-corrected chi connectivity index (χ3v) is 22.8. The lowest BCUT2D eigenvalue weighted by molar-refractivity contribution is -0.146. The van der Waals surface area contributed by atoms with Gasteiger partial charge in [0.15, 0.2) is 11.2 Å². The van der Waals surface area contributed by atoms with Gasteiger partial charge in [0.25, 0.3) is 0 Å². The first-order valence-electron chi connectivity index (χ1n) is 36.9. The molecule has 20 nitrogen and oxygen atoms in total. The van der Waals surface area contributed by atoms with Crippen LogP contribution in [0.5, 0.6) is 11.5 Å². The van der Waals surface area contributed by atoms with Crippen LogP contribution in [0.2, 0.25) is 0 Å². The molecule has 0 radical (unpaired) electrons. The Morgan fingerprint density at radius 3 is 1.29 bits per heavy atom. The molecule has 0 spiro atoms. The van der Waals surface area contributed by atoms with E-state index in [0.717, 1.165) is 128 Å². The smallest absolute Gasteiger partial charge is 0.468 e. The quantitative estimate of drug-likeness (QED) is 0.0395. The molecule has 26 heteroatoms. The maximum absolute atomic E-state index is 13.5. The van der Waals surface area contributed by atoms with E-state index in [2.05, 4.69) is 62.8 Å². The Labute approximate surface area is 635 Å². The highest BCUT2D eigenvalue weighted by molar-refractivity contribution is 9.10. The molecule has 5 fully saturated rings. The maximum Gasteiger partial charge on any atom is 0.495 e. The summed E-state index contributed by atoms with van der Waals surface area (Å²) < 4.78 is 112. The molecule has 4 aromatic heterocycles. The van der Waals surface area contributed by atoms with E-state index in [4.69, 9.17) is 60.9 Å². The highest BCUT2D eigenvalue weighted by Gasteiger charge is 2.52. The summed E-state index contributed by atoms with van der Waals surface area (Å²) >= 11 is 3.56. The van der Waals surface area contributed by atoms with Crippen LogP contribution in [0.4, 0.5) is 17.6 Å². The van der Waals surface area contributed by atoms with Crippen molar-refractivity contribution < 1.29 is 73.1 Å². The van der Waals surface area contributed by atoms with E-state index in [1.165, 1.54) is 70.7 Å². The van der Waals surface area contributed by atoms with Crippen LogP contribution in [0.15, 0.2) is 119 Å². The summed E-state index contributed by atoms with van der Waals surface area (Å²) in [4.78, 5) is 52.1. The normalized spacial score (nSPS) is 18.2. The second-order valence-corrected chi connectivity index (χ2v) is 30.3. The van der Waals surface area contributed by atoms with Crippen LogP contribution >= 0.6 is 15.9 Å². The molecular weight excluding hydrogens is 1460 g/mol. The van der Waals surface area contributed by atoms with E-state index in [1.54, 1.807) is 12.1 Å². The summed E-state index contributed by atoms with van der Waals surface area (Å²) in [5, 5.41) is 0. The van der Waals surface area contributed by atoms with Gasteiger partial charge < -0.3 is 45.9 Å². The number of esters is 2. The second-order valence-electron chi connectivity index (χ2n) is 29.5. The van der Waals surface area contributed by atoms with Gasteiger partial charge in [-0.2, -0.15) is 17.6 Å². The van der Waals surface area contributed by atoms with E-state index in [9.17, 15) is 27.2 Å². The van der Waals surface area contributed by atoms with Gasteiger partial charge in [-0.25, -0.2) is 19.9 Å². The number of ether oxygens (including phenoxy) is 4. The zero-order valence-corrected chi connectivity index (χ0v) is 64.8. The molecule has 6 aromatic carbocycles. The van der Waals surface area contributed by atoms with Gasteiger partial charge in [-0.05, 0) is 241 Å². The first-order chi connectivity index (χ1) is 51.7. The fourth-order valence-electron chi connectivity index (χ4n) is 15.1. The van der Waals surface area contributed by atoms with Crippen molar-refractivity contribution in [3.8, 4) is 68.4 Å². The number of carbonyl (C=O) groups excluding carboxylic acids is 2. The number of hydrogen-bond donors (Lipinski definition) is 0. The minimum Gasteiger partial charge on any atom is -0.468 e. The fourth-order valence-corrected chi connectivity index (χ4v) is 15.5. The number of oxazole rings is 4. The highest BCUT2D eigenvalue weighted by Crippen LogP contribution is 2.42. The summed E-state index contributed by atoms with van der Waals surface area (Å²) in [5.74, 6) is 3.26. The van der Waals surface area contributed by atoms with E-state index < -0.39 is 43.6 Å².